The summed E-state index contributed by atoms with van der Waals surface area (Å²) in [6.07, 6.45) is -2.96. The van der Waals surface area contributed by atoms with E-state index < -0.39 is 12.4 Å². The molecule has 0 aliphatic rings. The fraction of sp³-hybridized carbons (Fsp3) is 0.385. The number of ether oxygens (including phenoxy) is 1. The minimum Gasteiger partial charge on any atom is -0.466 e. The van der Waals surface area contributed by atoms with Crippen molar-refractivity contribution < 1.29 is 18.3 Å². The number of nitrogens with zero attached hydrogens (tertiary/aromatic N) is 1. The Morgan fingerprint density at radius 3 is 2.58 bits per heavy atom. The lowest BCUT2D eigenvalue weighted by molar-refractivity contribution is -0.142. The van der Waals surface area contributed by atoms with E-state index in [4.69, 9.17) is 10.00 Å². The van der Waals surface area contributed by atoms with E-state index in [1.54, 1.807) is 6.92 Å². The molecule has 1 aromatic carbocycles. The predicted molar refractivity (Wildman–Crippen MR) is 69.1 cm³/mol. The number of carbonyl (C=O) groups excluding carboxylic acids is 1. The lowest BCUT2D eigenvalue weighted by Crippen LogP contribution is -2.11. The summed E-state index contributed by atoms with van der Waals surface area (Å²) in [6.45, 7) is 1.83. The maximum atomic E-state index is 13.1. The van der Waals surface area contributed by atoms with Gasteiger partial charge in [0.1, 0.15) is 0 Å². The molecule has 1 rings (SSSR count). The summed E-state index contributed by atoms with van der Waals surface area (Å²) in [4.78, 5) is 11.4. The van der Waals surface area contributed by atoms with Gasteiger partial charge >= 0.3 is 5.97 Å². The highest BCUT2D eigenvalue weighted by Gasteiger charge is 2.20. The van der Waals surface area contributed by atoms with Crippen LogP contribution in [0.3, 0.4) is 0 Å². The Morgan fingerprint density at radius 1 is 1.47 bits per heavy atom. The Kier molecular flexibility index (Phi) is 5.90. The van der Waals surface area contributed by atoms with Gasteiger partial charge in [0.25, 0.3) is 6.43 Å². The summed E-state index contributed by atoms with van der Waals surface area (Å²) in [5.74, 6) is -0.583. The number of rotatable bonds is 5. The molecular formula is C13H12BrF2NO2. The van der Waals surface area contributed by atoms with Crippen LogP contribution in [0.2, 0.25) is 0 Å². The van der Waals surface area contributed by atoms with Crippen molar-refractivity contribution in [3.05, 3.63) is 34.4 Å². The minimum absolute atomic E-state index is 0.141. The van der Waals surface area contributed by atoms with Crippen LogP contribution in [-0.4, -0.2) is 12.6 Å². The molecule has 0 saturated heterocycles. The fourth-order valence-corrected chi connectivity index (χ4v) is 2.21. The maximum Gasteiger partial charge on any atom is 0.310 e. The van der Waals surface area contributed by atoms with Crippen molar-refractivity contribution in [2.24, 2.45) is 0 Å². The van der Waals surface area contributed by atoms with E-state index in [9.17, 15) is 13.6 Å². The van der Waals surface area contributed by atoms with E-state index in [0.29, 0.717) is 5.56 Å². The summed E-state index contributed by atoms with van der Waals surface area (Å²) >= 11 is 3.11. The second-order valence-corrected chi connectivity index (χ2v) is 4.30. The lowest BCUT2D eigenvalue weighted by Gasteiger charge is -2.13. The van der Waals surface area contributed by atoms with E-state index in [1.165, 1.54) is 12.1 Å². The molecule has 19 heavy (non-hydrogen) atoms. The van der Waals surface area contributed by atoms with Crippen LogP contribution < -0.4 is 0 Å². The molecule has 3 nitrogen and oxygen atoms in total. The van der Waals surface area contributed by atoms with Crippen molar-refractivity contribution in [2.45, 2.75) is 25.1 Å². The van der Waals surface area contributed by atoms with Crippen LogP contribution in [0.4, 0.5) is 8.78 Å². The largest absolute Gasteiger partial charge is 0.466 e. The summed E-state index contributed by atoms with van der Waals surface area (Å²) in [5.41, 5.74) is 0.498. The van der Waals surface area contributed by atoms with Gasteiger partial charge in [-0.2, -0.15) is 5.26 Å². The van der Waals surface area contributed by atoms with Gasteiger partial charge in [-0.15, -0.1) is 0 Å². The van der Waals surface area contributed by atoms with E-state index in [1.807, 2.05) is 6.07 Å². The van der Waals surface area contributed by atoms with Crippen LogP contribution in [0.1, 0.15) is 35.6 Å². The molecule has 0 amide bonds. The molecule has 0 aliphatic carbocycles. The first-order valence-electron chi connectivity index (χ1n) is 5.59. The quantitative estimate of drug-likeness (QED) is 0.613. The van der Waals surface area contributed by atoms with Gasteiger partial charge in [0, 0.05) is 10.9 Å². The summed E-state index contributed by atoms with van der Waals surface area (Å²) in [5, 5.41) is 9.07. The highest BCUT2D eigenvalue weighted by Crippen LogP contribution is 2.30. The van der Waals surface area contributed by atoms with Gasteiger partial charge in [0.15, 0.2) is 0 Å². The molecule has 0 unspecified atom stereocenters. The maximum absolute atomic E-state index is 13.1. The van der Waals surface area contributed by atoms with Crippen molar-refractivity contribution in [2.75, 3.05) is 6.61 Å². The van der Waals surface area contributed by atoms with Crippen molar-refractivity contribution in [1.29, 1.82) is 5.26 Å². The first-order chi connectivity index (χ1) is 9.03. The van der Waals surface area contributed by atoms with Crippen LogP contribution in [-0.2, 0) is 21.3 Å². The Morgan fingerprint density at radius 2 is 2.11 bits per heavy atom. The number of carbonyl (C=O) groups is 1. The van der Waals surface area contributed by atoms with E-state index in [2.05, 4.69) is 15.9 Å². The van der Waals surface area contributed by atoms with E-state index in [-0.39, 0.29) is 35.0 Å². The van der Waals surface area contributed by atoms with Crippen molar-refractivity contribution in [3.8, 4) is 6.07 Å². The molecule has 0 atom stereocenters. The number of hydrogen-bond acceptors (Lipinski definition) is 3. The summed E-state index contributed by atoms with van der Waals surface area (Å²) in [6, 6.07) is 4.60. The first-order valence-corrected chi connectivity index (χ1v) is 6.71. The van der Waals surface area contributed by atoms with Crippen LogP contribution in [0.15, 0.2) is 12.1 Å². The number of hydrogen-bond donors (Lipinski definition) is 0. The third kappa shape index (κ3) is 4.00. The second-order valence-electron chi connectivity index (χ2n) is 3.74. The number of esters is 1. The second kappa shape index (κ2) is 7.19. The van der Waals surface area contributed by atoms with Gasteiger partial charge in [0.05, 0.1) is 24.7 Å². The molecule has 0 spiro atoms. The zero-order chi connectivity index (χ0) is 14.4. The molecule has 0 N–H and O–H groups in total. The molecular weight excluding hydrogens is 320 g/mol. The number of benzene rings is 1. The fourth-order valence-electron chi connectivity index (χ4n) is 1.75. The van der Waals surface area contributed by atoms with Crippen LogP contribution in [0, 0.1) is 11.3 Å². The monoisotopic (exact) mass is 331 g/mol. The van der Waals surface area contributed by atoms with Crippen LogP contribution >= 0.6 is 15.9 Å². The van der Waals surface area contributed by atoms with Crippen molar-refractivity contribution in [1.82, 2.24) is 0 Å². The predicted octanol–water partition coefficient (Wildman–Crippen LogP) is 3.50. The van der Waals surface area contributed by atoms with Gasteiger partial charge in [-0.1, -0.05) is 15.9 Å². The molecule has 0 saturated carbocycles. The van der Waals surface area contributed by atoms with Gasteiger partial charge in [0.2, 0.25) is 0 Å². The normalized spacial score (nSPS) is 10.3. The van der Waals surface area contributed by atoms with Crippen LogP contribution in [0.5, 0.6) is 0 Å². The average Bonchev–Trinajstić information content (AvgIpc) is 2.37. The van der Waals surface area contributed by atoms with Crippen molar-refractivity contribution in [3.63, 3.8) is 0 Å². The Balaban J connectivity index is 3.26. The number of halogens is 3. The third-order valence-electron chi connectivity index (χ3n) is 2.48. The van der Waals surface area contributed by atoms with E-state index >= 15 is 0 Å². The molecule has 0 bridgehead atoms. The summed E-state index contributed by atoms with van der Waals surface area (Å²) in [7, 11) is 0. The van der Waals surface area contributed by atoms with Crippen LogP contribution in [0.25, 0.3) is 0 Å². The molecule has 6 heteroatoms. The molecule has 0 aliphatic heterocycles. The molecule has 0 radical (unpaired) electrons. The smallest absolute Gasteiger partial charge is 0.310 e. The first kappa shape index (κ1) is 15.6. The van der Waals surface area contributed by atoms with Gasteiger partial charge in [-0.05, 0) is 30.2 Å². The number of nitriles is 1. The highest BCUT2D eigenvalue weighted by molar-refractivity contribution is 9.08. The zero-order valence-corrected chi connectivity index (χ0v) is 11.8. The molecule has 0 heterocycles. The summed E-state index contributed by atoms with van der Waals surface area (Å²) < 4.78 is 30.9. The van der Waals surface area contributed by atoms with Gasteiger partial charge < -0.3 is 4.74 Å². The minimum atomic E-state index is -2.70. The Labute approximate surface area is 118 Å². The Hall–Kier alpha value is -1.48. The lowest BCUT2D eigenvalue weighted by atomic mass is 9.97. The highest BCUT2D eigenvalue weighted by atomic mass is 79.9. The Bertz CT molecular complexity index is 512. The molecule has 102 valence electrons. The molecule has 1 aromatic rings. The van der Waals surface area contributed by atoms with E-state index in [0.717, 1.165) is 0 Å². The molecule has 0 fully saturated rings. The SMILES string of the molecule is CCOC(=O)Cc1cc(C#N)cc(CBr)c1C(F)F. The number of alkyl halides is 3. The average molecular weight is 332 g/mol. The van der Waals surface area contributed by atoms with Gasteiger partial charge in [-0.3, -0.25) is 4.79 Å². The molecule has 0 aromatic heterocycles. The zero-order valence-electron chi connectivity index (χ0n) is 10.3. The topological polar surface area (TPSA) is 50.1 Å². The standard InChI is InChI=1S/C13H12BrF2NO2/c1-2-19-11(18)5-9-3-8(7-17)4-10(6-14)12(9)13(15)16/h3-4,13H,2,5-6H2,1H3. The van der Waals surface area contributed by atoms with Gasteiger partial charge in [-0.25, -0.2) is 8.78 Å². The van der Waals surface area contributed by atoms with Crippen molar-refractivity contribution >= 4 is 21.9 Å². The third-order valence-corrected chi connectivity index (χ3v) is 3.09.